The molecular weight excluding hydrogens is 569 g/mol. The third-order valence-electron chi connectivity index (χ3n) is 6.40. The third-order valence-corrected chi connectivity index (χ3v) is 8.65. The predicted octanol–water partition coefficient (Wildman–Crippen LogP) is 4.58. The lowest BCUT2D eigenvalue weighted by atomic mass is 10.1. The van der Waals surface area contributed by atoms with E-state index in [1.807, 2.05) is 0 Å². The quantitative estimate of drug-likeness (QED) is 0.475. The maximum absolute atomic E-state index is 14.0. The molecule has 0 saturated heterocycles. The number of alkyl halides is 3. The van der Waals surface area contributed by atoms with E-state index in [-0.39, 0.29) is 46.6 Å². The van der Waals surface area contributed by atoms with Gasteiger partial charge in [-0.25, -0.2) is 13.2 Å². The smallest absolute Gasteiger partial charge is 0.427 e. The molecule has 214 valence electrons. The summed E-state index contributed by atoms with van der Waals surface area (Å²) in [5, 5.41) is 15.2. The van der Waals surface area contributed by atoms with Gasteiger partial charge in [0.1, 0.15) is 16.7 Å². The Morgan fingerprint density at radius 2 is 2.00 bits per heavy atom. The van der Waals surface area contributed by atoms with Gasteiger partial charge in [-0.3, -0.25) is 19.1 Å². The maximum Gasteiger partial charge on any atom is 0.427 e. The second-order valence-electron chi connectivity index (χ2n) is 9.66. The van der Waals surface area contributed by atoms with E-state index < -0.39 is 40.0 Å². The Hall–Kier alpha value is -3.20. The Balaban J connectivity index is 1.70. The Morgan fingerprint density at radius 1 is 1.28 bits per heavy atom. The number of sulfonamides is 1. The number of nitrogens with one attached hydrogen (secondary N) is 1. The molecule has 16 heteroatoms. The van der Waals surface area contributed by atoms with Gasteiger partial charge in [-0.05, 0) is 57.7 Å². The zero-order valence-electron chi connectivity index (χ0n) is 20.9. The number of carboxylic acid groups (broad SMARTS) is 1. The molecule has 0 aliphatic carbocycles. The molecule has 1 aromatic carbocycles. The van der Waals surface area contributed by atoms with E-state index in [1.54, 1.807) is 4.68 Å². The lowest BCUT2D eigenvalue weighted by Gasteiger charge is -2.36. The number of carboxylic acids is 1. The fraction of sp³-hybridized carbons (Fsp3) is 0.522. The zero-order chi connectivity index (χ0) is 28.8. The van der Waals surface area contributed by atoms with Crippen LogP contribution in [0, 0.1) is 0 Å². The topological polar surface area (TPSA) is 140 Å². The van der Waals surface area contributed by atoms with Gasteiger partial charge < -0.3 is 14.6 Å². The van der Waals surface area contributed by atoms with Crippen LogP contribution >= 0.6 is 11.6 Å². The third kappa shape index (κ3) is 5.88. The molecule has 2 aliphatic heterocycles. The summed E-state index contributed by atoms with van der Waals surface area (Å²) in [7, 11) is -4.37. The largest absolute Gasteiger partial charge is 0.486 e. The monoisotopic (exact) mass is 594 g/mol. The molecule has 2 aliphatic rings. The molecule has 1 amide bonds. The van der Waals surface area contributed by atoms with Crippen LogP contribution in [0.5, 0.6) is 5.75 Å². The lowest BCUT2D eigenvalue weighted by Crippen LogP contribution is -2.44. The summed E-state index contributed by atoms with van der Waals surface area (Å²) >= 11 is 6.29. The van der Waals surface area contributed by atoms with Crippen molar-refractivity contribution in [2.24, 2.45) is 0 Å². The van der Waals surface area contributed by atoms with Gasteiger partial charge in [-0.2, -0.15) is 18.3 Å². The Kier molecular flexibility index (Phi) is 7.69. The Morgan fingerprint density at radius 3 is 2.67 bits per heavy atom. The number of anilines is 2. The molecule has 2 N–H and O–H groups in total. The van der Waals surface area contributed by atoms with Gasteiger partial charge in [0.05, 0.1) is 17.9 Å². The van der Waals surface area contributed by atoms with Crippen LogP contribution in [0.2, 0.25) is 5.15 Å². The minimum atomic E-state index is -4.83. The van der Waals surface area contributed by atoms with Gasteiger partial charge in [-0.1, -0.05) is 11.6 Å². The van der Waals surface area contributed by atoms with Crippen molar-refractivity contribution in [2.75, 3.05) is 16.2 Å². The number of carbonyl (C=O) groups excluding carboxylic acids is 1. The molecule has 4 rings (SSSR count). The lowest BCUT2D eigenvalue weighted by molar-refractivity contribution is -0.242. The number of hydrogen-bond donors (Lipinski definition) is 2. The van der Waals surface area contributed by atoms with Crippen LogP contribution in [0.1, 0.15) is 45.2 Å². The molecule has 1 aromatic heterocycles. The van der Waals surface area contributed by atoms with E-state index in [0.717, 1.165) is 17.1 Å². The second kappa shape index (κ2) is 10.4. The highest BCUT2D eigenvalue weighted by atomic mass is 35.5. The van der Waals surface area contributed by atoms with Gasteiger partial charge in [0, 0.05) is 18.7 Å². The maximum atomic E-state index is 14.0. The number of rotatable bonds is 7. The van der Waals surface area contributed by atoms with Crippen LogP contribution in [-0.2, 0) is 32.5 Å². The van der Waals surface area contributed by atoms with Crippen LogP contribution in [0.15, 0.2) is 23.1 Å². The van der Waals surface area contributed by atoms with Crippen LogP contribution in [0.4, 0.5) is 29.3 Å². The van der Waals surface area contributed by atoms with Gasteiger partial charge in [0.2, 0.25) is 5.60 Å². The molecule has 1 atom stereocenters. The molecule has 39 heavy (non-hydrogen) atoms. The standard InChI is InChI=1S/C23H26ClF3N4O7S/c1-22(2,23(25,26)27)38-21(34)28-13-6-8-17-16(11-13)31(12-14(37-17)7-9-18(32)33)39(35,36)19-15-5-3-4-10-30(15)29-20(19)24/h6,8,11,14H,3-5,7,9-10,12H2,1-2H3,(H,28,34)(H,32,33). The summed E-state index contributed by atoms with van der Waals surface area (Å²) in [6.45, 7) is 1.60. The van der Waals surface area contributed by atoms with Gasteiger partial charge in [-0.15, -0.1) is 0 Å². The van der Waals surface area contributed by atoms with Crippen molar-refractivity contribution in [1.29, 1.82) is 0 Å². The first kappa shape index (κ1) is 28.8. The summed E-state index contributed by atoms with van der Waals surface area (Å²) < 4.78 is 80.3. The first-order valence-electron chi connectivity index (χ1n) is 12.0. The summed E-state index contributed by atoms with van der Waals surface area (Å²) in [5.41, 5.74) is -2.43. The van der Waals surface area contributed by atoms with Crippen LogP contribution < -0.4 is 14.4 Å². The fourth-order valence-corrected chi connectivity index (χ4v) is 6.52. The van der Waals surface area contributed by atoms with E-state index in [4.69, 9.17) is 21.4 Å². The zero-order valence-corrected chi connectivity index (χ0v) is 22.5. The summed E-state index contributed by atoms with van der Waals surface area (Å²) in [5.74, 6) is -1.03. The van der Waals surface area contributed by atoms with Crippen molar-refractivity contribution in [2.45, 2.75) is 75.3 Å². The molecule has 3 heterocycles. The van der Waals surface area contributed by atoms with E-state index in [0.29, 0.717) is 32.5 Å². The van der Waals surface area contributed by atoms with Crippen molar-refractivity contribution in [3.8, 4) is 5.75 Å². The normalized spacial score (nSPS) is 17.6. The predicted molar refractivity (Wildman–Crippen MR) is 133 cm³/mol. The van der Waals surface area contributed by atoms with Crippen LogP contribution in [0.3, 0.4) is 0 Å². The Labute approximate surface area is 226 Å². The number of nitrogens with zero attached hydrogens (tertiary/aromatic N) is 3. The van der Waals surface area contributed by atoms with Crippen molar-refractivity contribution < 1.29 is 45.8 Å². The fourth-order valence-electron chi connectivity index (χ4n) is 4.28. The van der Waals surface area contributed by atoms with E-state index >= 15 is 0 Å². The molecule has 11 nitrogen and oxygen atoms in total. The number of carbonyl (C=O) groups is 2. The number of fused-ring (bicyclic) bond motifs is 2. The number of hydrogen-bond acceptors (Lipinski definition) is 7. The van der Waals surface area contributed by atoms with Crippen molar-refractivity contribution in [3.05, 3.63) is 29.0 Å². The number of ether oxygens (including phenoxy) is 2. The van der Waals surface area contributed by atoms with Crippen molar-refractivity contribution in [3.63, 3.8) is 0 Å². The minimum Gasteiger partial charge on any atom is -0.486 e. The highest BCUT2D eigenvalue weighted by molar-refractivity contribution is 7.93. The molecule has 0 fully saturated rings. The number of benzene rings is 1. The highest BCUT2D eigenvalue weighted by Gasteiger charge is 2.51. The van der Waals surface area contributed by atoms with Gasteiger partial charge in [0.15, 0.2) is 5.15 Å². The Bertz CT molecular complexity index is 1390. The molecule has 0 saturated carbocycles. The second-order valence-corrected chi connectivity index (χ2v) is 11.8. The van der Waals surface area contributed by atoms with Crippen molar-refractivity contribution >= 4 is 45.1 Å². The van der Waals surface area contributed by atoms with Crippen LogP contribution in [-0.4, -0.2) is 59.8 Å². The summed E-state index contributed by atoms with van der Waals surface area (Å²) in [6, 6.07) is 3.83. The van der Waals surface area contributed by atoms with Gasteiger partial charge in [0.25, 0.3) is 10.0 Å². The number of aryl methyl sites for hydroxylation is 1. The molecule has 0 bridgehead atoms. The molecular formula is C23H26ClF3N4O7S. The van der Waals surface area contributed by atoms with Crippen LogP contribution in [0.25, 0.3) is 0 Å². The molecule has 0 spiro atoms. The first-order chi connectivity index (χ1) is 18.1. The van der Waals surface area contributed by atoms with E-state index in [9.17, 15) is 31.2 Å². The minimum absolute atomic E-state index is 0.000499. The van der Waals surface area contributed by atoms with E-state index in [1.165, 1.54) is 18.2 Å². The van der Waals surface area contributed by atoms with E-state index in [2.05, 4.69) is 15.2 Å². The SMILES string of the molecule is CC(C)(OC(=O)Nc1ccc2c(c1)N(S(=O)(=O)c1c(Cl)nn3c1CCCC3)CC(CCC(=O)O)O2)C(F)(F)F. The highest BCUT2D eigenvalue weighted by Crippen LogP contribution is 2.42. The molecule has 2 aromatic rings. The number of amides is 1. The molecule has 1 unspecified atom stereocenters. The molecule has 0 radical (unpaired) electrons. The summed E-state index contributed by atoms with van der Waals surface area (Å²) in [6.07, 6.45) is -5.38. The summed E-state index contributed by atoms with van der Waals surface area (Å²) in [4.78, 5) is 23.2. The number of halogens is 4. The number of aliphatic carboxylic acids is 1. The number of aromatic nitrogens is 2. The van der Waals surface area contributed by atoms with Gasteiger partial charge >= 0.3 is 18.2 Å². The average molecular weight is 595 g/mol. The first-order valence-corrected chi connectivity index (χ1v) is 13.8. The average Bonchev–Trinajstić information content (AvgIpc) is 3.17. The van der Waals surface area contributed by atoms with Crippen molar-refractivity contribution in [1.82, 2.24) is 9.78 Å².